The van der Waals surface area contributed by atoms with Crippen LogP contribution in [0.3, 0.4) is 0 Å². The van der Waals surface area contributed by atoms with Crippen molar-refractivity contribution in [3.05, 3.63) is 24.3 Å². The van der Waals surface area contributed by atoms with Crippen molar-refractivity contribution in [2.75, 3.05) is 25.1 Å². The molecule has 1 aliphatic heterocycles. The van der Waals surface area contributed by atoms with Gasteiger partial charge in [0, 0.05) is 22.7 Å². The summed E-state index contributed by atoms with van der Waals surface area (Å²) in [5.41, 5.74) is 1.28. The largest absolute Gasteiger partial charge is 0.497 e. The molecule has 0 radical (unpaired) electrons. The topological polar surface area (TPSA) is 36.3 Å². The molecule has 0 bridgehead atoms. The molecule has 1 heterocycles. The van der Waals surface area contributed by atoms with E-state index >= 15 is 0 Å². The van der Waals surface area contributed by atoms with Crippen molar-refractivity contribution in [2.24, 2.45) is 0 Å². The van der Waals surface area contributed by atoms with Crippen LogP contribution in [0.25, 0.3) is 0 Å². The summed E-state index contributed by atoms with van der Waals surface area (Å²) in [4.78, 5) is 2.41. The van der Waals surface area contributed by atoms with E-state index in [2.05, 4.69) is 17.0 Å². The number of hydrogen-bond acceptors (Lipinski definition) is 3. The summed E-state index contributed by atoms with van der Waals surface area (Å²) in [6.45, 7) is 2.21. The molecule has 3 nitrogen and oxygen atoms in total. The molecular formula is C12H17IN2O. The maximum atomic E-state index is 7.50. The molecule has 2 rings (SSSR count). The number of ether oxygens (including phenoxy) is 1. The third-order valence-corrected chi connectivity index (χ3v) is 5.14. The molecule has 1 aromatic rings. The van der Waals surface area contributed by atoms with Crippen LogP contribution in [0.1, 0.15) is 12.8 Å². The van der Waals surface area contributed by atoms with Crippen molar-refractivity contribution in [3.63, 3.8) is 0 Å². The van der Waals surface area contributed by atoms with Crippen LogP contribution in [0.15, 0.2) is 24.3 Å². The third kappa shape index (κ3) is 2.72. The molecule has 1 N–H and O–H groups in total. The number of alkyl halides is 1. The fourth-order valence-electron chi connectivity index (χ4n) is 2.01. The molecule has 88 valence electrons. The first-order chi connectivity index (χ1) is 7.83. The van der Waals surface area contributed by atoms with Crippen molar-refractivity contribution < 1.29 is 4.74 Å². The molecule has 1 fully saturated rings. The SMILES string of the molecule is COc1ccc(N2CCC(I=N)CC2)cc1. The summed E-state index contributed by atoms with van der Waals surface area (Å²) in [5.74, 6) is 0.913. The van der Waals surface area contributed by atoms with Crippen molar-refractivity contribution in [2.45, 2.75) is 16.8 Å². The number of halogens is 1. The van der Waals surface area contributed by atoms with E-state index in [1.54, 1.807) is 7.11 Å². The lowest BCUT2D eigenvalue weighted by molar-refractivity contribution is 0.415. The standard InChI is InChI=1S/C12H17IN2O/c1-16-12-4-2-11(3-5-12)15-8-6-10(13-14)7-9-15/h2-5,10,14H,6-9H2,1H3. The van der Waals surface area contributed by atoms with Gasteiger partial charge >= 0.3 is 0 Å². The molecule has 0 spiro atoms. The highest BCUT2D eigenvalue weighted by Crippen LogP contribution is 2.27. The molecule has 0 atom stereocenters. The first-order valence-electron chi connectivity index (χ1n) is 5.51. The normalized spacial score (nSPS) is 17.4. The fraction of sp³-hybridized carbons (Fsp3) is 0.500. The summed E-state index contributed by atoms with van der Waals surface area (Å²) in [5, 5.41) is 0. The molecule has 1 aromatic carbocycles. The van der Waals surface area contributed by atoms with Gasteiger partial charge in [-0.25, -0.2) is 0 Å². The number of piperidine rings is 1. The van der Waals surface area contributed by atoms with Crippen molar-refractivity contribution in [3.8, 4) is 5.75 Å². The van der Waals surface area contributed by atoms with Gasteiger partial charge in [-0.3, -0.25) is 3.56 Å². The quantitative estimate of drug-likeness (QED) is 0.680. The predicted octanol–water partition coefficient (Wildman–Crippen LogP) is 3.40. The van der Waals surface area contributed by atoms with Crippen molar-refractivity contribution in [1.82, 2.24) is 0 Å². The van der Waals surface area contributed by atoms with Gasteiger partial charge in [-0.2, -0.15) is 0 Å². The summed E-state index contributed by atoms with van der Waals surface area (Å²) in [6.07, 6.45) is 2.39. The van der Waals surface area contributed by atoms with Gasteiger partial charge in [0.25, 0.3) is 0 Å². The third-order valence-electron chi connectivity index (χ3n) is 3.02. The van der Waals surface area contributed by atoms with E-state index in [4.69, 9.17) is 8.30 Å². The first-order valence-corrected chi connectivity index (χ1v) is 7.84. The summed E-state index contributed by atoms with van der Waals surface area (Å²) >= 11 is -0.308. The molecular weight excluding hydrogens is 315 g/mol. The Bertz CT molecular complexity index is 345. The van der Waals surface area contributed by atoms with E-state index in [0.29, 0.717) is 3.92 Å². The van der Waals surface area contributed by atoms with E-state index in [-0.39, 0.29) is 21.0 Å². The molecule has 4 heteroatoms. The van der Waals surface area contributed by atoms with E-state index in [1.165, 1.54) is 18.5 Å². The molecule has 0 saturated carbocycles. The highest BCUT2D eigenvalue weighted by Gasteiger charge is 2.17. The molecule has 1 saturated heterocycles. The molecule has 16 heavy (non-hydrogen) atoms. The maximum absolute atomic E-state index is 7.50. The van der Waals surface area contributed by atoms with Crippen LogP contribution in [-0.4, -0.2) is 24.1 Å². The molecule has 0 aliphatic carbocycles. The average Bonchev–Trinajstić information content (AvgIpc) is 2.39. The highest BCUT2D eigenvalue weighted by atomic mass is 127. The Balaban J connectivity index is 1.99. The van der Waals surface area contributed by atoms with E-state index in [1.807, 2.05) is 12.1 Å². The zero-order chi connectivity index (χ0) is 11.4. The molecule has 0 unspecified atom stereocenters. The minimum Gasteiger partial charge on any atom is -0.497 e. The van der Waals surface area contributed by atoms with Gasteiger partial charge in [0.1, 0.15) is 5.75 Å². The minimum absolute atomic E-state index is 0.308. The second kappa shape index (κ2) is 5.61. The van der Waals surface area contributed by atoms with Crippen molar-refractivity contribution >= 4 is 26.7 Å². The summed E-state index contributed by atoms with van der Waals surface area (Å²) in [7, 11) is 1.69. The van der Waals surface area contributed by atoms with Gasteiger partial charge in [-0.15, -0.1) is 0 Å². The zero-order valence-electron chi connectivity index (χ0n) is 9.45. The van der Waals surface area contributed by atoms with E-state index in [9.17, 15) is 0 Å². The second-order valence-corrected chi connectivity index (χ2v) is 6.35. The summed E-state index contributed by atoms with van der Waals surface area (Å²) < 4.78 is 13.4. The van der Waals surface area contributed by atoms with Crippen LogP contribution in [0.5, 0.6) is 5.75 Å². The van der Waals surface area contributed by atoms with Gasteiger partial charge in [0.15, 0.2) is 0 Å². The first kappa shape index (κ1) is 11.8. The lowest BCUT2D eigenvalue weighted by Crippen LogP contribution is -2.33. The van der Waals surface area contributed by atoms with Gasteiger partial charge in [-0.1, -0.05) is 0 Å². The molecule has 1 aliphatic rings. The zero-order valence-corrected chi connectivity index (χ0v) is 11.6. The van der Waals surface area contributed by atoms with Crippen LogP contribution >= 0.6 is 21.0 Å². The lowest BCUT2D eigenvalue weighted by Gasteiger charge is -2.31. The highest BCUT2D eigenvalue weighted by molar-refractivity contribution is 14.1. The van der Waals surface area contributed by atoms with Crippen LogP contribution in [-0.2, 0) is 0 Å². The number of methoxy groups -OCH3 is 1. The van der Waals surface area contributed by atoms with Crippen LogP contribution in [0, 0.1) is 3.56 Å². The second-order valence-electron chi connectivity index (χ2n) is 3.97. The monoisotopic (exact) mass is 332 g/mol. The van der Waals surface area contributed by atoms with Crippen molar-refractivity contribution in [1.29, 1.82) is 3.56 Å². The number of nitrogens with zero attached hydrogens (tertiary/aromatic N) is 1. The Kier molecular flexibility index (Phi) is 4.15. The number of hydrogen-bond donors (Lipinski definition) is 1. The summed E-state index contributed by atoms with van der Waals surface area (Å²) in [6, 6.07) is 8.27. The van der Waals surface area contributed by atoms with Gasteiger partial charge in [0.05, 0.1) is 7.11 Å². The average molecular weight is 332 g/mol. The Hall–Kier alpha value is -0.650. The smallest absolute Gasteiger partial charge is 0.119 e. The Morgan fingerprint density at radius 3 is 2.38 bits per heavy atom. The Morgan fingerprint density at radius 1 is 1.25 bits per heavy atom. The number of anilines is 1. The fourth-order valence-corrected chi connectivity index (χ4v) is 3.19. The lowest BCUT2D eigenvalue weighted by atomic mass is 10.1. The van der Waals surface area contributed by atoms with Gasteiger partial charge in [0.2, 0.25) is 0 Å². The molecule has 0 amide bonds. The Morgan fingerprint density at radius 2 is 1.88 bits per heavy atom. The number of nitrogens with one attached hydrogen (secondary N) is 1. The molecule has 0 aromatic heterocycles. The van der Waals surface area contributed by atoms with Crippen LogP contribution in [0.4, 0.5) is 5.69 Å². The predicted molar refractivity (Wildman–Crippen MR) is 75.0 cm³/mol. The van der Waals surface area contributed by atoms with E-state index < -0.39 is 0 Å². The van der Waals surface area contributed by atoms with Gasteiger partial charge in [-0.05, 0) is 58.1 Å². The maximum Gasteiger partial charge on any atom is 0.119 e. The van der Waals surface area contributed by atoms with Crippen LogP contribution in [0.2, 0.25) is 0 Å². The Labute approximate surface area is 107 Å². The van der Waals surface area contributed by atoms with Crippen LogP contribution < -0.4 is 9.64 Å². The van der Waals surface area contributed by atoms with Gasteiger partial charge < -0.3 is 9.64 Å². The minimum atomic E-state index is -0.308. The number of rotatable bonds is 3. The van der Waals surface area contributed by atoms with E-state index in [0.717, 1.165) is 18.8 Å². The number of benzene rings is 1.